The van der Waals surface area contributed by atoms with E-state index in [2.05, 4.69) is 0 Å². The first-order valence-corrected chi connectivity index (χ1v) is 7.09. The first kappa shape index (κ1) is 14.7. The molecule has 2 N–H and O–H groups in total. The summed E-state index contributed by atoms with van der Waals surface area (Å²) >= 11 is 0. The Kier molecular flexibility index (Phi) is 3.90. The van der Waals surface area contributed by atoms with Crippen molar-refractivity contribution < 1.29 is 13.6 Å². The van der Waals surface area contributed by atoms with Gasteiger partial charge in [-0.25, -0.2) is 8.78 Å². The monoisotopic (exact) mass is 302 g/mol. The number of fused-ring (bicyclic) bond motifs is 1. The summed E-state index contributed by atoms with van der Waals surface area (Å²) in [6, 6.07) is 10.2. The maximum Gasteiger partial charge on any atom is 0.240 e. The van der Waals surface area contributed by atoms with Gasteiger partial charge in [0.1, 0.15) is 11.6 Å². The molecule has 0 saturated heterocycles. The zero-order valence-electron chi connectivity index (χ0n) is 11.9. The van der Waals surface area contributed by atoms with Crippen molar-refractivity contribution in [2.75, 3.05) is 0 Å². The van der Waals surface area contributed by atoms with Crippen molar-refractivity contribution in [1.82, 2.24) is 4.90 Å². The number of carbonyl (C=O) groups excluding carboxylic acids is 1. The Morgan fingerprint density at radius 3 is 2.18 bits per heavy atom. The van der Waals surface area contributed by atoms with E-state index in [9.17, 15) is 13.6 Å². The molecule has 5 heteroatoms. The number of nitrogens with zero attached hydrogens (tertiary/aromatic N) is 1. The summed E-state index contributed by atoms with van der Waals surface area (Å²) in [5.74, 6) is -1.53. The molecule has 0 aromatic heterocycles. The number of halogens is 2. The lowest BCUT2D eigenvalue weighted by atomic mass is 10.1. The van der Waals surface area contributed by atoms with E-state index in [1.807, 2.05) is 24.3 Å². The molecule has 0 unspecified atom stereocenters. The molecule has 0 fully saturated rings. The Morgan fingerprint density at radius 1 is 1.09 bits per heavy atom. The minimum absolute atomic E-state index is 0.111. The van der Waals surface area contributed by atoms with Gasteiger partial charge in [-0.2, -0.15) is 0 Å². The fourth-order valence-corrected chi connectivity index (χ4v) is 2.79. The van der Waals surface area contributed by atoms with Crippen molar-refractivity contribution in [2.24, 2.45) is 5.73 Å². The van der Waals surface area contributed by atoms with Gasteiger partial charge in [0, 0.05) is 19.2 Å². The van der Waals surface area contributed by atoms with Crippen molar-refractivity contribution >= 4 is 5.91 Å². The van der Waals surface area contributed by atoms with Gasteiger partial charge in [0.05, 0.1) is 6.04 Å². The molecule has 22 heavy (non-hydrogen) atoms. The van der Waals surface area contributed by atoms with Crippen LogP contribution >= 0.6 is 0 Å². The second-order valence-electron chi connectivity index (χ2n) is 5.55. The zero-order valence-corrected chi connectivity index (χ0v) is 11.9. The van der Waals surface area contributed by atoms with E-state index < -0.39 is 17.7 Å². The molecule has 1 atom stereocenters. The lowest BCUT2D eigenvalue weighted by Gasteiger charge is -2.20. The van der Waals surface area contributed by atoms with Gasteiger partial charge in [-0.15, -0.1) is 0 Å². The summed E-state index contributed by atoms with van der Waals surface area (Å²) in [6.07, 6.45) is 0.111. The van der Waals surface area contributed by atoms with E-state index in [1.165, 1.54) is 12.1 Å². The Bertz CT molecular complexity index is 672. The van der Waals surface area contributed by atoms with Crippen LogP contribution in [0.5, 0.6) is 0 Å². The third-order valence-electron chi connectivity index (χ3n) is 3.85. The highest BCUT2D eigenvalue weighted by atomic mass is 19.1. The zero-order chi connectivity index (χ0) is 15.7. The Balaban J connectivity index is 1.68. The number of benzene rings is 2. The topological polar surface area (TPSA) is 46.3 Å². The predicted octanol–water partition coefficient (Wildman–Crippen LogP) is 2.38. The number of hydrogen-bond donors (Lipinski definition) is 1. The summed E-state index contributed by atoms with van der Waals surface area (Å²) in [4.78, 5) is 14.1. The second-order valence-corrected chi connectivity index (χ2v) is 5.55. The molecule has 1 heterocycles. The summed E-state index contributed by atoms with van der Waals surface area (Å²) < 4.78 is 26.4. The van der Waals surface area contributed by atoms with Gasteiger partial charge in [-0.3, -0.25) is 4.79 Å². The minimum Gasteiger partial charge on any atom is -0.333 e. The third kappa shape index (κ3) is 2.99. The molecule has 0 spiro atoms. The van der Waals surface area contributed by atoms with Crippen LogP contribution in [0, 0.1) is 11.6 Å². The number of nitrogens with two attached hydrogens (primary N) is 1. The van der Waals surface area contributed by atoms with Crippen LogP contribution in [0.3, 0.4) is 0 Å². The van der Waals surface area contributed by atoms with Gasteiger partial charge in [-0.05, 0) is 35.2 Å². The second kappa shape index (κ2) is 5.85. The quantitative estimate of drug-likeness (QED) is 0.946. The molecule has 2 aromatic rings. The molecular formula is C17H16F2N2O. The molecule has 3 nitrogen and oxygen atoms in total. The maximum atomic E-state index is 13.2. The average molecular weight is 302 g/mol. The minimum atomic E-state index is -0.810. The molecule has 3 rings (SSSR count). The van der Waals surface area contributed by atoms with Crippen LogP contribution in [-0.2, 0) is 24.3 Å². The Hall–Kier alpha value is -2.27. The van der Waals surface area contributed by atoms with E-state index in [1.54, 1.807) is 4.90 Å². The standard InChI is InChI=1S/C17H16F2N2O/c18-14-5-11(6-15(19)8-14)7-16(20)17(22)21-9-12-3-1-2-4-13(12)10-21/h1-6,8,16H,7,9-10,20H2/t16-/m1/s1. The SMILES string of the molecule is N[C@H](Cc1cc(F)cc(F)c1)C(=O)N1Cc2ccccc2C1. The molecule has 0 radical (unpaired) electrons. The number of rotatable bonds is 3. The van der Waals surface area contributed by atoms with E-state index in [0.717, 1.165) is 17.2 Å². The predicted molar refractivity (Wildman–Crippen MR) is 78.7 cm³/mol. The summed E-state index contributed by atoms with van der Waals surface area (Å²) in [6.45, 7) is 1.06. The summed E-state index contributed by atoms with van der Waals surface area (Å²) in [7, 11) is 0. The van der Waals surface area contributed by atoms with Crippen LogP contribution in [0.2, 0.25) is 0 Å². The lowest BCUT2D eigenvalue weighted by Crippen LogP contribution is -2.42. The molecule has 1 aliphatic rings. The fraction of sp³-hybridized carbons (Fsp3) is 0.235. The van der Waals surface area contributed by atoms with Gasteiger partial charge in [0.25, 0.3) is 0 Å². The fourth-order valence-electron chi connectivity index (χ4n) is 2.79. The number of hydrogen-bond acceptors (Lipinski definition) is 2. The average Bonchev–Trinajstić information content (AvgIpc) is 2.89. The van der Waals surface area contributed by atoms with Crippen LogP contribution < -0.4 is 5.73 Å². The number of amides is 1. The van der Waals surface area contributed by atoms with E-state index in [0.29, 0.717) is 18.7 Å². The van der Waals surface area contributed by atoms with E-state index in [4.69, 9.17) is 5.73 Å². The molecule has 1 amide bonds. The first-order valence-electron chi connectivity index (χ1n) is 7.09. The normalized spacial score (nSPS) is 14.8. The molecular weight excluding hydrogens is 286 g/mol. The first-order chi connectivity index (χ1) is 10.5. The molecule has 0 saturated carbocycles. The van der Waals surface area contributed by atoms with E-state index >= 15 is 0 Å². The third-order valence-corrected chi connectivity index (χ3v) is 3.85. The smallest absolute Gasteiger partial charge is 0.240 e. The molecule has 2 aromatic carbocycles. The molecule has 0 aliphatic carbocycles. The largest absolute Gasteiger partial charge is 0.333 e. The van der Waals surface area contributed by atoms with Crippen LogP contribution in [-0.4, -0.2) is 16.8 Å². The van der Waals surface area contributed by atoms with Crippen molar-refractivity contribution in [2.45, 2.75) is 25.6 Å². The summed E-state index contributed by atoms with van der Waals surface area (Å²) in [5, 5.41) is 0. The highest BCUT2D eigenvalue weighted by Gasteiger charge is 2.27. The van der Waals surface area contributed by atoms with Crippen LogP contribution in [0.4, 0.5) is 8.78 Å². The van der Waals surface area contributed by atoms with Crippen molar-refractivity contribution in [1.29, 1.82) is 0 Å². The van der Waals surface area contributed by atoms with Crippen molar-refractivity contribution in [3.05, 3.63) is 70.8 Å². The van der Waals surface area contributed by atoms with Gasteiger partial charge in [0.2, 0.25) is 5.91 Å². The van der Waals surface area contributed by atoms with Crippen LogP contribution in [0.1, 0.15) is 16.7 Å². The molecule has 114 valence electrons. The lowest BCUT2D eigenvalue weighted by molar-refractivity contribution is -0.133. The van der Waals surface area contributed by atoms with Crippen LogP contribution in [0.25, 0.3) is 0 Å². The summed E-state index contributed by atoms with van der Waals surface area (Å²) in [5.41, 5.74) is 8.53. The number of carbonyl (C=O) groups is 1. The van der Waals surface area contributed by atoms with Gasteiger partial charge >= 0.3 is 0 Å². The Labute approximate surface area is 127 Å². The highest BCUT2D eigenvalue weighted by molar-refractivity contribution is 5.82. The van der Waals surface area contributed by atoms with Gasteiger partial charge in [0.15, 0.2) is 0 Å². The van der Waals surface area contributed by atoms with Gasteiger partial charge in [-0.1, -0.05) is 24.3 Å². The maximum absolute atomic E-state index is 13.2. The highest BCUT2D eigenvalue weighted by Crippen LogP contribution is 2.23. The molecule has 0 bridgehead atoms. The van der Waals surface area contributed by atoms with E-state index in [-0.39, 0.29) is 12.3 Å². The van der Waals surface area contributed by atoms with Crippen molar-refractivity contribution in [3.63, 3.8) is 0 Å². The Morgan fingerprint density at radius 2 is 1.64 bits per heavy atom. The van der Waals surface area contributed by atoms with Gasteiger partial charge < -0.3 is 10.6 Å². The molecule has 1 aliphatic heterocycles. The van der Waals surface area contributed by atoms with Crippen LogP contribution in [0.15, 0.2) is 42.5 Å². The van der Waals surface area contributed by atoms with Crippen molar-refractivity contribution in [3.8, 4) is 0 Å².